The number of rotatable bonds is 3. The van der Waals surface area contributed by atoms with Crippen molar-refractivity contribution >= 4 is 53.5 Å². The molecule has 0 saturated carbocycles. The molecule has 0 bridgehead atoms. The Morgan fingerprint density at radius 2 is 1.88 bits per heavy atom. The fourth-order valence-electron chi connectivity index (χ4n) is 1.28. The van der Waals surface area contributed by atoms with Crippen molar-refractivity contribution in [3.8, 4) is 0 Å². The summed E-state index contributed by atoms with van der Waals surface area (Å²) in [7, 11) is 0. The quantitative estimate of drug-likeness (QED) is 0.793. The molecule has 0 aliphatic carbocycles. The van der Waals surface area contributed by atoms with Crippen LogP contribution in [0.3, 0.4) is 0 Å². The first-order valence-corrected chi connectivity index (χ1v) is 6.91. The van der Waals surface area contributed by atoms with Crippen LogP contribution in [-0.4, -0.2) is 10.2 Å². The van der Waals surface area contributed by atoms with Gasteiger partial charge in [-0.25, -0.2) is 0 Å². The van der Waals surface area contributed by atoms with Gasteiger partial charge in [0.15, 0.2) is 0 Å². The van der Waals surface area contributed by atoms with E-state index in [4.69, 9.17) is 0 Å². The van der Waals surface area contributed by atoms with Crippen LogP contribution in [0.1, 0.15) is 5.69 Å². The van der Waals surface area contributed by atoms with E-state index in [1.807, 2.05) is 18.2 Å². The van der Waals surface area contributed by atoms with Gasteiger partial charge in [0.1, 0.15) is 0 Å². The van der Waals surface area contributed by atoms with Gasteiger partial charge < -0.3 is 5.32 Å². The summed E-state index contributed by atoms with van der Waals surface area (Å²) >= 11 is 10.5. The zero-order valence-corrected chi connectivity index (χ0v) is 12.9. The molecular formula is C10H8Br3N3. The van der Waals surface area contributed by atoms with Crippen LogP contribution >= 0.6 is 47.8 Å². The summed E-state index contributed by atoms with van der Waals surface area (Å²) < 4.78 is 3.04. The maximum absolute atomic E-state index is 3.90. The lowest BCUT2D eigenvalue weighted by molar-refractivity contribution is 0.980. The van der Waals surface area contributed by atoms with Crippen molar-refractivity contribution in [2.24, 2.45) is 0 Å². The van der Waals surface area contributed by atoms with E-state index in [-0.39, 0.29) is 0 Å². The Kier molecular flexibility index (Phi) is 4.05. The first-order valence-electron chi connectivity index (χ1n) is 4.53. The third-order valence-electron chi connectivity index (χ3n) is 2.02. The highest BCUT2D eigenvalue weighted by Crippen LogP contribution is 2.34. The number of aromatic nitrogens is 2. The first kappa shape index (κ1) is 12.1. The van der Waals surface area contributed by atoms with Crippen LogP contribution in [0, 0.1) is 0 Å². The molecule has 84 valence electrons. The fourth-order valence-corrected chi connectivity index (χ4v) is 3.82. The maximum Gasteiger partial charge on any atom is 0.0632 e. The van der Waals surface area contributed by atoms with Crippen molar-refractivity contribution in [1.82, 2.24) is 10.2 Å². The minimum absolute atomic E-state index is 0.707. The third kappa shape index (κ3) is 2.87. The summed E-state index contributed by atoms with van der Waals surface area (Å²) in [6.07, 6.45) is 1.74. The van der Waals surface area contributed by atoms with Gasteiger partial charge in [-0.3, -0.25) is 5.10 Å². The van der Waals surface area contributed by atoms with Gasteiger partial charge in [0.05, 0.1) is 17.9 Å². The van der Waals surface area contributed by atoms with Crippen LogP contribution in [0.4, 0.5) is 5.69 Å². The second-order valence-corrected chi connectivity index (χ2v) is 5.80. The normalized spacial score (nSPS) is 10.4. The van der Waals surface area contributed by atoms with Gasteiger partial charge in [0.25, 0.3) is 0 Å². The lowest BCUT2D eigenvalue weighted by Gasteiger charge is -2.10. The lowest BCUT2D eigenvalue weighted by atomic mass is 10.3. The monoisotopic (exact) mass is 407 g/mol. The van der Waals surface area contributed by atoms with Crippen molar-refractivity contribution in [1.29, 1.82) is 0 Å². The van der Waals surface area contributed by atoms with Crippen molar-refractivity contribution in [2.45, 2.75) is 6.54 Å². The Hall–Kier alpha value is -0.330. The third-order valence-corrected chi connectivity index (χ3v) is 3.73. The molecule has 16 heavy (non-hydrogen) atoms. The largest absolute Gasteiger partial charge is 0.378 e. The van der Waals surface area contributed by atoms with Crippen LogP contribution in [0.2, 0.25) is 0 Å². The van der Waals surface area contributed by atoms with Gasteiger partial charge in [0.2, 0.25) is 0 Å². The molecule has 0 amide bonds. The van der Waals surface area contributed by atoms with Gasteiger partial charge in [-0.1, -0.05) is 15.9 Å². The van der Waals surface area contributed by atoms with Crippen LogP contribution in [-0.2, 0) is 6.54 Å². The number of benzene rings is 1. The second-order valence-electron chi connectivity index (χ2n) is 3.18. The van der Waals surface area contributed by atoms with Crippen LogP contribution in [0.5, 0.6) is 0 Å². The molecule has 6 heteroatoms. The standard InChI is InChI=1S/C10H8Br3N3/c11-6-3-8(12)10(9(13)4-6)14-5-7-1-2-15-16-7/h1-4,14H,5H2,(H,15,16). The molecule has 0 atom stereocenters. The Morgan fingerprint density at radius 3 is 2.44 bits per heavy atom. The average molecular weight is 410 g/mol. The van der Waals surface area contributed by atoms with E-state index in [2.05, 4.69) is 63.3 Å². The van der Waals surface area contributed by atoms with E-state index < -0.39 is 0 Å². The smallest absolute Gasteiger partial charge is 0.0632 e. The Bertz CT molecular complexity index is 459. The highest BCUT2D eigenvalue weighted by molar-refractivity contribution is 9.11. The van der Waals surface area contributed by atoms with Crippen LogP contribution in [0.25, 0.3) is 0 Å². The van der Waals surface area contributed by atoms with Crippen molar-refractivity contribution in [3.63, 3.8) is 0 Å². The molecule has 0 unspecified atom stereocenters. The highest BCUT2D eigenvalue weighted by Gasteiger charge is 2.06. The summed E-state index contributed by atoms with van der Waals surface area (Å²) in [5.41, 5.74) is 2.07. The van der Waals surface area contributed by atoms with E-state index in [0.717, 1.165) is 24.8 Å². The van der Waals surface area contributed by atoms with Gasteiger partial charge in [-0.15, -0.1) is 0 Å². The Labute approximate surface area is 118 Å². The Morgan fingerprint density at radius 1 is 1.19 bits per heavy atom. The molecule has 0 saturated heterocycles. The number of nitrogens with zero attached hydrogens (tertiary/aromatic N) is 1. The molecular weight excluding hydrogens is 402 g/mol. The number of hydrogen-bond acceptors (Lipinski definition) is 2. The number of anilines is 1. The number of halogens is 3. The summed E-state index contributed by atoms with van der Waals surface area (Å²) in [5.74, 6) is 0. The van der Waals surface area contributed by atoms with Crippen LogP contribution < -0.4 is 5.32 Å². The SMILES string of the molecule is Brc1cc(Br)c(NCc2ccn[nH]2)c(Br)c1. The molecule has 2 aromatic rings. The minimum atomic E-state index is 0.707. The summed E-state index contributed by atoms with van der Waals surface area (Å²) in [5, 5.41) is 10.1. The average Bonchev–Trinajstić information content (AvgIpc) is 2.68. The molecule has 3 nitrogen and oxygen atoms in total. The summed E-state index contributed by atoms with van der Waals surface area (Å²) in [6, 6.07) is 5.94. The molecule has 1 heterocycles. The van der Waals surface area contributed by atoms with E-state index >= 15 is 0 Å². The Balaban J connectivity index is 2.15. The summed E-state index contributed by atoms with van der Waals surface area (Å²) in [6.45, 7) is 0.707. The predicted octanol–water partition coefficient (Wildman–Crippen LogP) is 4.31. The lowest BCUT2D eigenvalue weighted by Crippen LogP contribution is -2.01. The maximum atomic E-state index is 3.90. The number of nitrogens with one attached hydrogen (secondary N) is 2. The van der Waals surface area contributed by atoms with E-state index in [1.165, 1.54) is 0 Å². The van der Waals surface area contributed by atoms with Crippen molar-refractivity contribution < 1.29 is 0 Å². The van der Waals surface area contributed by atoms with Gasteiger partial charge in [0, 0.05) is 19.6 Å². The second kappa shape index (κ2) is 5.33. The molecule has 0 aliphatic heterocycles. The fraction of sp³-hybridized carbons (Fsp3) is 0.100. The van der Waals surface area contributed by atoms with Crippen molar-refractivity contribution in [3.05, 3.63) is 43.5 Å². The zero-order chi connectivity index (χ0) is 11.5. The molecule has 1 aromatic heterocycles. The van der Waals surface area contributed by atoms with E-state index in [9.17, 15) is 0 Å². The topological polar surface area (TPSA) is 40.7 Å². The van der Waals surface area contributed by atoms with Crippen molar-refractivity contribution in [2.75, 3.05) is 5.32 Å². The highest BCUT2D eigenvalue weighted by atomic mass is 79.9. The minimum Gasteiger partial charge on any atom is -0.378 e. The molecule has 2 rings (SSSR count). The molecule has 2 N–H and O–H groups in total. The van der Waals surface area contributed by atoms with Gasteiger partial charge in [-0.2, -0.15) is 5.10 Å². The van der Waals surface area contributed by atoms with E-state index in [0.29, 0.717) is 6.54 Å². The predicted molar refractivity (Wildman–Crippen MR) is 75.5 cm³/mol. The molecule has 0 aliphatic rings. The summed E-state index contributed by atoms with van der Waals surface area (Å²) in [4.78, 5) is 0. The van der Waals surface area contributed by atoms with Gasteiger partial charge >= 0.3 is 0 Å². The molecule has 1 aromatic carbocycles. The van der Waals surface area contributed by atoms with E-state index in [1.54, 1.807) is 6.20 Å². The number of aromatic amines is 1. The molecule has 0 fully saturated rings. The number of H-pyrrole nitrogens is 1. The van der Waals surface area contributed by atoms with Crippen LogP contribution in [0.15, 0.2) is 37.8 Å². The molecule has 0 spiro atoms. The van der Waals surface area contributed by atoms with Gasteiger partial charge in [-0.05, 0) is 50.1 Å². The molecule has 0 radical (unpaired) electrons. The zero-order valence-electron chi connectivity index (χ0n) is 8.10. The number of hydrogen-bond donors (Lipinski definition) is 2. The first-order chi connectivity index (χ1) is 7.66.